The van der Waals surface area contributed by atoms with Gasteiger partial charge in [-0.3, -0.25) is 4.79 Å². The Kier molecular flexibility index (Phi) is 5.17. The molecule has 0 atom stereocenters. The Morgan fingerprint density at radius 1 is 1.29 bits per heavy atom. The van der Waals surface area contributed by atoms with Gasteiger partial charge in [0, 0.05) is 17.7 Å². The van der Waals surface area contributed by atoms with Crippen LogP contribution in [0.5, 0.6) is 0 Å². The molecule has 0 spiro atoms. The molecule has 4 heteroatoms. The Morgan fingerprint density at radius 2 is 2.10 bits per heavy atom. The SMILES string of the molecule is CCCCC(=O)Nc1cc(-c2ccc(CO)o2)ccc1C. The van der Waals surface area contributed by atoms with E-state index in [4.69, 9.17) is 9.52 Å². The summed E-state index contributed by atoms with van der Waals surface area (Å²) in [5.74, 6) is 1.25. The molecule has 0 unspecified atom stereocenters. The highest BCUT2D eigenvalue weighted by Crippen LogP contribution is 2.27. The lowest BCUT2D eigenvalue weighted by molar-refractivity contribution is -0.116. The summed E-state index contributed by atoms with van der Waals surface area (Å²) in [5, 5.41) is 12.0. The smallest absolute Gasteiger partial charge is 0.224 e. The first kappa shape index (κ1) is 15.3. The molecule has 2 N–H and O–H groups in total. The first-order valence-electron chi connectivity index (χ1n) is 7.24. The van der Waals surface area contributed by atoms with Crippen molar-refractivity contribution >= 4 is 11.6 Å². The highest BCUT2D eigenvalue weighted by Gasteiger charge is 2.09. The van der Waals surface area contributed by atoms with Gasteiger partial charge < -0.3 is 14.8 Å². The fourth-order valence-corrected chi connectivity index (χ4v) is 2.08. The standard InChI is InChI=1S/C17H21NO3/c1-3-4-5-17(20)18-15-10-13(7-6-12(15)2)16-9-8-14(11-19)21-16/h6-10,19H,3-5,11H2,1-2H3,(H,18,20). The Bertz CT molecular complexity index is 616. The Hall–Kier alpha value is -2.07. The van der Waals surface area contributed by atoms with Gasteiger partial charge in [0.15, 0.2) is 0 Å². The molecule has 0 saturated carbocycles. The van der Waals surface area contributed by atoms with E-state index in [1.807, 2.05) is 31.2 Å². The van der Waals surface area contributed by atoms with E-state index >= 15 is 0 Å². The van der Waals surface area contributed by atoms with Crippen LogP contribution in [0.4, 0.5) is 5.69 Å². The van der Waals surface area contributed by atoms with Gasteiger partial charge in [-0.2, -0.15) is 0 Å². The van der Waals surface area contributed by atoms with Gasteiger partial charge in [0.2, 0.25) is 5.91 Å². The molecule has 2 rings (SSSR count). The molecule has 21 heavy (non-hydrogen) atoms. The molecule has 0 bridgehead atoms. The van der Waals surface area contributed by atoms with E-state index in [1.165, 1.54) is 0 Å². The number of aliphatic hydroxyl groups excluding tert-OH is 1. The van der Waals surface area contributed by atoms with E-state index in [0.29, 0.717) is 17.9 Å². The van der Waals surface area contributed by atoms with Gasteiger partial charge in [-0.15, -0.1) is 0 Å². The maximum absolute atomic E-state index is 11.9. The van der Waals surface area contributed by atoms with Gasteiger partial charge in [-0.05, 0) is 37.1 Å². The summed E-state index contributed by atoms with van der Waals surface area (Å²) in [6, 6.07) is 9.36. The third-order valence-corrected chi connectivity index (χ3v) is 3.37. The molecule has 0 radical (unpaired) electrons. The summed E-state index contributed by atoms with van der Waals surface area (Å²) in [5.41, 5.74) is 2.69. The van der Waals surface area contributed by atoms with Crippen LogP contribution in [0, 0.1) is 6.92 Å². The summed E-state index contributed by atoms with van der Waals surface area (Å²) in [7, 11) is 0. The van der Waals surface area contributed by atoms with E-state index in [0.717, 1.165) is 29.7 Å². The van der Waals surface area contributed by atoms with E-state index < -0.39 is 0 Å². The number of anilines is 1. The predicted octanol–water partition coefficient (Wildman–Crippen LogP) is 3.88. The molecule has 0 fully saturated rings. The number of furan rings is 1. The quantitative estimate of drug-likeness (QED) is 0.847. The Balaban J connectivity index is 2.18. The van der Waals surface area contributed by atoms with E-state index in [-0.39, 0.29) is 12.5 Å². The van der Waals surface area contributed by atoms with Crippen molar-refractivity contribution in [2.75, 3.05) is 5.32 Å². The number of carbonyl (C=O) groups excluding carboxylic acids is 1. The van der Waals surface area contributed by atoms with Gasteiger partial charge in [0.1, 0.15) is 18.1 Å². The molecule has 0 aliphatic rings. The summed E-state index contributed by atoms with van der Waals surface area (Å²) in [6.45, 7) is 3.90. The second-order valence-electron chi connectivity index (χ2n) is 5.11. The number of aliphatic hydroxyl groups is 1. The molecule has 1 aromatic heterocycles. The van der Waals surface area contributed by atoms with Crippen molar-refractivity contribution in [1.82, 2.24) is 0 Å². The lowest BCUT2D eigenvalue weighted by Gasteiger charge is -2.09. The summed E-state index contributed by atoms with van der Waals surface area (Å²) in [6.07, 6.45) is 2.43. The molecule has 0 aliphatic heterocycles. The van der Waals surface area contributed by atoms with Gasteiger partial charge in [-0.1, -0.05) is 25.5 Å². The summed E-state index contributed by atoms with van der Waals surface area (Å²) in [4.78, 5) is 11.9. The van der Waals surface area contributed by atoms with Crippen molar-refractivity contribution < 1.29 is 14.3 Å². The van der Waals surface area contributed by atoms with E-state index in [2.05, 4.69) is 12.2 Å². The molecule has 112 valence electrons. The zero-order valence-corrected chi connectivity index (χ0v) is 12.5. The summed E-state index contributed by atoms with van der Waals surface area (Å²) < 4.78 is 5.52. The molecule has 0 saturated heterocycles. The third kappa shape index (κ3) is 3.95. The largest absolute Gasteiger partial charge is 0.459 e. The fraction of sp³-hybridized carbons (Fsp3) is 0.353. The van der Waals surface area contributed by atoms with Gasteiger partial charge in [0.05, 0.1) is 0 Å². The lowest BCUT2D eigenvalue weighted by Crippen LogP contribution is -2.11. The number of nitrogens with one attached hydrogen (secondary N) is 1. The average molecular weight is 287 g/mol. The normalized spacial score (nSPS) is 10.6. The van der Waals surface area contributed by atoms with E-state index in [1.54, 1.807) is 6.07 Å². The highest BCUT2D eigenvalue weighted by molar-refractivity contribution is 5.92. The first-order chi connectivity index (χ1) is 10.1. The minimum Gasteiger partial charge on any atom is -0.459 e. The number of benzene rings is 1. The number of rotatable bonds is 6. The second-order valence-corrected chi connectivity index (χ2v) is 5.11. The molecule has 4 nitrogen and oxygen atoms in total. The molecule has 1 amide bonds. The van der Waals surface area contributed by atoms with Crippen molar-refractivity contribution in [3.63, 3.8) is 0 Å². The number of unbranched alkanes of at least 4 members (excludes halogenated alkanes) is 1. The zero-order chi connectivity index (χ0) is 15.2. The predicted molar refractivity (Wildman–Crippen MR) is 83.0 cm³/mol. The molecule has 2 aromatic rings. The van der Waals surface area contributed by atoms with Crippen LogP contribution < -0.4 is 5.32 Å². The van der Waals surface area contributed by atoms with Crippen LogP contribution >= 0.6 is 0 Å². The minimum atomic E-state index is -0.119. The number of amides is 1. The number of carbonyl (C=O) groups is 1. The van der Waals surface area contributed by atoms with Crippen LogP contribution in [0.25, 0.3) is 11.3 Å². The maximum atomic E-state index is 11.9. The molecule has 1 heterocycles. The van der Waals surface area contributed by atoms with Crippen LogP contribution in [-0.2, 0) is 11.4 Å². The van der Waals surface area contributed by atoms with Crippen LogP contribution in [0.2, 0.25) is 0 Å². The highest BCUT2D eigenvalue weighted by atomic mass is 16.4. The zero-order valence-electron chi connectivity index (χ0n) is 12.5. The van der Waals surface area contributed by atoms with Gasteiger partial charge >= 0.3 is 0 Å². The lowest BCUT2D eigenvalue weighted by atomic mass is 10.1. The Labute approximate surface area is 124 Å². The van der Waals surface area contributed by atoms with Crippen LogP contribution in [0.15, 0.2) is 34.7 Å². The molecule has 0 aliphatic carbocycles. The second kappa shape index (κ2) is 7.09. The molecular weight excluding hydrogens is 266 g/mol. The third-order valence-electron chi connectivity index (χ3n) is 3.37. The molecular formula is C17H21NO3. The monoisotopic (exact) mass is 287 g/mol. The van der Waals surface area contributed by atoms with Crippen molar-refractivity contribution in [3.8, 4) is 11.3 Å². The van der Waals surface area contributed by atoms with Crippen LogP contribution in [0.1, 0.15) is 37.5 Å². The van der Waals surface area contributed by atoms with Crippen molar-refractivity contribution in [2.24, 2.45) is 0 Å². The average Bonchev–Trinajstić information content (AvgIpc) is 2.96. The molecule has 1 aromatic carbocycles. The number of aryl methyl sites for hydroxylation is 1. The van der Waals surface area contributed by atoms with Crippen molar-refractivity contribution in [3.05, 3.63) is 41.7 Å². The van der Waals surface area contributed by atoms with E-state index in [9.17, 15) is 4.79 Å². The van der Waals surface area contributed by atoms with Crippen LogP contribution in [-0.4, -0.2) is 11.0 Å². The first-order valence-corrected chi connectivity index (χ1v) is 7.24. The Morgan fingerprint density at radius 3 is 2.76 bits per heavy atom. The summed E-state index contributed by atoms with van der Waals surface area (Å²) >= 11 is 0. The topological polar surface area (TPSA) is 62.5 Å². The maximum Gasteiger partial charge on any atom is 0.224 e. The number of hydrogen-bond acceptors (Lipinski definition) is 3. The fourth-order valence-electron chi connectivity index (χ4n) is 2.08. The van der Waals surface area contributed by atoms with Gasteiger partial charge in [0.25, 0.3) is 0 Å². The van der Waals surface area contributed by atoms with Crippen molar-refractivity contribution in [2.45, 2.75) is 39.7 Å². The van der Waals surface area contributed by atoms with Gasteiger partial charge in [-0.25, -0.2) is 0 Å². The van der Waals surface area contributed by atoms with Crippen molar-refractivity contribution in [1.29, 1.82) is 0 Å². The van der Waals surface area contributed by atoms with Crippen LogP contribution in [0.3, 0.4) is 0 Å². The number of hydrogen-bond donors (Lipinski definition) is 2. The minimum absolute atomic E-state index is 0.0348.